The summed E-state index contributed by atoms with van der Waals surface area (Å²) in [7, 11) is 0. The lowest BCUT2D eigenvalue weighted by molar-refractivity contribution is 0.427. The van der Waals surface area contributed by atoms with Crippen LogP contribution >= 0.6 is 0 Å². The summed E-state index contributed by atoms with van der Waals surface area (Å²) in [6.07, 6.45) is 4.85. The summed E-state index contributed by atoms with van der Waals surface area (Å²) >= 11 is 0. The third-order valence-electron chi connectivity index (χ3n) is 5.60. The maximum absolute atomic E-state index is 11.1. The molecule has 0 amide bonds. The number of aryl methyl sites for hydroxylation is 4. The van der Waals surface area contributed by atoms with E-state index >= 15 is 0 Å². The minimum absolute atomic E-state index is 0.307. The molecule has 0 aliphatic heterocycles. The minimum atomic E-state index is -0.560. The van der Waals surface area contributed by atoms with E-state index in [9.17, 15) is 10.2 Å². The van der Waals surface area contributed by atoms with E-state index in [1.807, 2.05) is 39.8 Å². The van der Waals surface area contributed by atoms with Gasteiger partial charge in [0, 0.05) is 27.7 Å². The van der Waals surface area contributed by atoms with Crippen molar-refractivity contribution in [1.29, 1.82) is 0 Å². The average Bonchev–Trinajstić information content (AvgIpc) is 2.54. The Labute approximate surface area is 163 Å². The molecule has 0 radical (unpaired) electrons. The third-order valence-corrected chi connectivity index (χ3v) is 5.60. The van der Waals surface area contributed by atoms with Crippen LogP contribution in [0.5, 0.6) is 11.5 Å². The molecule has 0 saturated heterocycles. The molecule has 2 N–H and O–H groups in total. The Morgan fingerprint density at radius 2 is 1.07 bits per heavy atom. The van der Waals surface area contributed by atoms with Crippen molar-refractivity contribution in [3.63, 3.8) is 0 Å². The van der Waals surface area contributed by atoms with Gasteiger partial charge in [-0.25, -0.2) is 0 Å². The summed E-state index contributed by atoms with van der Waals surface area (Å²) in [6, 6.07) is 4.22. The van der Waals surface area contributed by atoms with Gasteiger partial charge in [0.05, 0.1) is 0 Å². The highest BCUT2D eigenvalue weighted by Gasteiger charge is 2.34. The molecule has 2 heteroatoms. The highest BCUT2D eigenvalue weighted by molar-refractivity contribution is 5.62. The number of benzene rings is 2. The number of allylic oxidation sites excluding steroid dienone is 2. The maximum Gasteiger partial charge on any atom is 0.123 e. The van der Waals surface area contributed by atoms with Crippen molar-refractivity contribution < 1.29 is 10.2 Å². The molecule has 0 heterocycles. The van der Waals surface area contributed by atoms with Gasteiger partial charge in [0.1, 0.15) is 11.5 Å². The molecule has 0 saturated carbocycles. The molecule has 0 aliphatic carbocycles. The number of phenolic OH excluding ortho intramolecular Hbond substituents is 2. The molecule has 0 aliphatic rings. The quantitative estimate of drug-likeness (QED) is 0.607. The molecule has 2 aromatic carbocycles. The molecule has 144 valence electrons. The molecular weight excluding hydrogens is 332 g/mol. The van der Waals surface area contributed by atoms with Crippen molar-refractivity contribution in [2.75, 3.05) is 0 Å². The highest BCUT2D eigenvalue weighted by atomic mass is 16.3. The van der Waals surface area contributed by atoms with E-state index < -0.39 is 5.41 Å². The summed E-state index contributed by atoms with van der Waals surface area (Å²) in [6.45, 7) is 19.8. The van der Waals surface area contributed by atoms with Gasteiger partial charge in [-0.3, -0.25) is 0 Å². The SMILES string of the molecule is C=CCc1c(C)cc(C)c(C(C)(C)c2c(C)cc(C)c(CC=C)c2O)c1O. The van der Waals surface area contributed by atoms with Crippen LogP contribution in [0.3, 0.4) is 0 Å². The van der Waals surface area contributed by atoms with Gasteiger partial charge in [-0.2, -0.15) is 0 Å². The Balaban J connectivity index is 2.85. The summed E-state index contributed by atoms with van der Waals surface area (Å²) < 4.78 is 0. The summed E-state index contributed by atoms with van der Waals surface area (Å²) in [4.78, 5) is 0. The van der Waals surface area contributed by atoms with Crippen LogP contribution in [0, 0.1) is 27.7 Å². The highest BCUT2D eigenvalue weighted by Crippen LogP contribution is 2.47. The van der Waals surface area contributed by atoms with Crippen LogP contribution < -0.4 is 0 Å². The molecule has 0 unspecified atom stereocenters. The Morgan fingerprint density at radius 1 is 0.741 bits per heavy atom. The fourth-order valence-corrected chi connectivity index (χ4v) is 4.52. The molecule has 2 rings (SSSR count). The van der Waals surface area contributed by atoms with Gasteiger partial charge in [-0.1, -0.05) is 38.1 Å². The van der Waals surface area contributed by atoms with Crippen molar-refractivity contribution in [2.24, 2.45) is 0 Å². The zero-order valence-electron chi connectivity index (χ0n) is 17.5. The lowest BCUT2D eigenvalue weighted by Gasteiger charge is -2.33. The smallest absolute Gasteiger partial charge is 0.123 e. The second-order valence-electron chi connectivity index (χ2n) is 8.04. The molecule has 27 heavy (non-hydrogen) atoms. The number of rotatable bonds is 6. The van der Waals surface area contributed by atoms with Gasteiger partial charge in [0.25, 0.3) is 0 Å². The fraction of sp³-hybridized carbons (Fsp3) is 0.360. The largest absolute Gasteiger partial charge is 0.507 e. The van der Waals surface area contributed by atoms with E-state index in [0.29, 0.717) is 24.3 Å². The first-order chi connectivity index (χ1) is 12.6. The first-order valence-corrected chi connectivity index (χ1v) is 9.44. The average molecular weight is 365 g/mol. The fourth-order valence-electron chi connectivity index (χ4n) is 4.52. The zero-order valence-corrected chi connectivity index (χ0v) is 17.5. The zero-order chi connectivity index (χ0) is 20.5. The van der Waals surface area contributed by atoms with Crippen molar-refractivity contribution in [1.82, 2.24) is 0 Å². The Kier molecular flexibility index (Phi) is 5.89. The number of hydrogen-bond donors (Lipinski definition) is 2. The molecule has 2 aromatic rings. The van der Waals surface area contributed by atoms with Crippen molar-refractivity contribution >= 4 is 0 Å². The van der Waals surface area contributed by atoms with Gasteiger partial charge >= 0.3 is 0 Å². The normalized spacial score (nSPS) is 11.5. The molecule has 0 bridgehead atoms. The van der Waals surface area contributed by atoms with Crippen LogP contribution in [0.2, 0.25) is 0 Å². The Morgan fingerprint density at radius 3 is 1.37 bits per heavy atom. The van der Waals surface area contributed by atoms with Crippen LogP contribution in [0.1, 0.15) is 58.4 Å². The summed E-state index contributed by atoms with van der Waals surface area (Å²) in [5.41, 5.74) is 7.11. The number of phenols is 2. The monoisotopic (exact) mass is 364 g/mol. The second-order valence-corrected chi connectivity index (χ2v) is 8.04. The molecule has 0 spiro atoms. The second kappa shape index (κ2) is 7.64. The minimum Gasteiger partial charge on any atom is -0.507 e. The van der Waals surface area contributed by atoms with Crippen LogP contribution in [-0.2, 0) is 18.3 Å². The van der Waals surface area contributed by atoms with E-state index in [1.165, 1.54) is 0 Å². The van der Waals surface area contributed by atoms with E-state index in [-0.39, 0.29) is 0 Å². The van der Waals surface area contributed by atoms with E-state index in [4.69, 9.17) is 0 Å². The van der Waals surface area contributed by atoms with E-state index in [0.717, 1.165) is 44.5 Å². The Bertz CT molecular complexity index is 828. The molecule has 2 nitrogen and oxygen atoms in total. The van der Waals surface area contributed by atoms with Gasteiger partial charge in [-0.15, -0.1) is 13.2 Å². The maximum atomic E-state index is 11.1. The lowest BCUT2D eigenvalue weighted by atomic mass is 9.71. The predicted octanol–water partition coefficient (Wildman–Crippen LogP) is 6.11. The van der Waals surface area contributed by atoms with E-state index in [1.54, 1.807) is 0 Å². The predicted molar refractivity (Wildman–Crippen MR) is 115 cm³/mol. The van der Waals surface area contributed by atoms with Crippen LogP contribution in [0.25, 0.3) is 0 Å². The van der Waals surface area contributed by atoms with Gasteiger partial charge in [0.15, 0.2) is 0 Å². The molecule has 0 fully saturated rings. The van der Waals surface area contributed by atoms with Crippen LogP contribution in [-0.4, -0.2) is 10.2 Å². The van der Waals surface area contributed by atoms with Crippen molar-refractivity contribution in [3.8, 4) is 11.5 Å². The number of aromatic hydroxyl groups is 2. The Hall–Kier alpha value is -2.48. The summed E-state index contributed by atoms with van der Waals surface area (Å²) in [5, 5.41) is 22.3. The molecular formula is C25H32O2. The standard InChI is InChI=1S/C25H32O2/c1-9-11-19-15(3)13-17(5)21(23(19)26)25(7,8)22-18(6)14-16(4)20(12-10-2)24(22)27/h9-10,13-14,26-27H,1-2,11-12H2,3-8H3. The van der Waals surface area contributed by atoms with Crippen LogP contribution in [0.4, 0.5) is 0 Å². The first-order valence-electron chi connectivity index (χ1n) is 9.44. The van der Waals surface area contributed by atoms with Crippen LogP contribution in [0.15, 0.2) is 37.4 Å². The topological polar surface area (TPSA) is 40.5 Å². The number of hydrogen-bond acceptors (Lipinski definition) is 2. The van der Waals surface area contributed by atoms with Gasteiger partial charge < -0.3 is 10.2 Å². The lowest BCUT2D eigenvalue weighted by Crippen LogP contribution is -2.23. The summed E-state index contributed by atoms with van der Waals surface area (Å²) in [5.74, 6) is 0.615. The van der Waals surface area contributed by atoms with Crippen molar-refractivity contribution in [2.45, 2.75) is 59.8 Å². The van der Waals surface area contributed by atoms with Gasteiger partial charge in [0.2, 0.25) is 0 Å². The van der Waals surface area contributed by atoms with Gasteiger partial charge in [-0.05, 0) is 62.8 Å². The first kappa shape index (κ1) is 20.8. The molecule has 0 atom stereocenters. The molecule has 0 aromatic heterocycles. The van der Waals surface area contributed by atoms with E-state index in [2.05, 4.69) is 39.1 Å². The third kappa shape index (κ3) is 3.53. The van der Waals surface area contributed by atoms with Crippen molar-refractivity contribution in [3.05, 3.63) is 82.0 Å².